The van der Waals surface area contributed by atoms with Crippen molar-refractivity contribution in [3.63, 3.8) is 0 Å². The first-order chi connectivity index (χ1) is 11.9. The predicted molar refractivity (Wildman–Crippen MR) is 98.8 cm³/mol. The van der Waals surface area contributed by atoms with Gasteiger partial charge in [-0.3, -0.25) is 0 Å². The molecule has 1 N–H and O–H groups in total. The molecule has 0 aromatic heterocycles. The molecule has 1 heterocycles. The Morgan fingerprint density at radius 1 is 1.32 bits per heavy atom. The number of carbonyl (C=O) groups excluding carboxylic acids is 1. The van der Waals surface area contributed by atoms with Gasteiger partial charge in [0.15, 0.2) is 0 Å². The summed E-state index contributed by atoms with van der Waals surface area (Å²) in [6.45, 7) is 3.30. The fraction of sp³-hybridized carbons (Fsp3) is 0.611. The molecule has 0 unspecified atom stereocenters. The Balaban J connectivity index is 1.76. The molecular weight excluding hydrogens is 340 g/mol. The average Bonchev–Trinajstić information content (AvgIpc) is 2.59. The smallest absolute Gasteiger partial charge is 0.317 e. The molecule has 1 aliphatic rings. The minimum absolute atomic E-state index is 0.00528. The van der Waals surface area contributed by atoms with Gasteiger partial charge in [-0.2, -0.15) is 0 Å². The van der Waals surface area contributed by atoms with Crippen LogP contribution in [-0.2, 0) is 16.3 Å². The summed E-state index contributed by atoms with van der Waals surface area (Å²) >= 11 is 0. The monoisotopic (exact) mass is 368 g/mol. The van der Waals surface area contributed by atoms with Crippen LogP contribution in [0.5, 0.6) is 5.75 Å². The normalized spacial score (nSPS) is 17.0. The molecule has 2 rings (SSSR count). The largest absolute Gasteiger partial charge is 0.494 e. The molecule has 0 atom stereocenters. The van der Waals surface area contributed by atoms with E-state index in [0.29, 0.717) is 26.0 Å². The van der Waals surface area contributed by atoms with Gasteiger partial charge in [0.05, 0.1) is 18.1 Å². The highest BCUT2D eigenvalue weighted by atomic mass is 32.2. The number of rotatable bonds is 7. The van der Waals surface area contributed by atoms with Crippen molar-refractivity contribution in [2.24, 2.45) is 0 Å². The third kappa shape index (κ3) is 6.23. The minimum atomic E-state index is -2.91. The van der Waals surface area contributed by atoms with Gasteiger partial charge in [-0.1, -0.05) is 19.1 Å². The van der Waals surface area contributed by atoms with Crippen LogP contribution in [0.1, 0.15) is 31.7 Å². The van der Waals surface area contributed by atoms with E-state index in [4.69, 9.17) is 4.74 Å². The fourth-order valence-corrected chi connectivity index (χ4v) is 4.35. The third-order valence-corrected chi connectivity index (χ3v) is 6.17. The number of amides is 2. The van der Waals surface area contributed by atoms with E-state index >= 15 is 0 Å². The SMILES string of the molecule is CCCOc1cccc(CCNC(=O)N(C)C2CCS(=O)(=O)CC2)c1. The lowest BCUT2D eigenvalue weighted by Gasteiger charge is -2.31. The fourth-order valence-electron chi connectivity index (χ4n) is 2.88. The van der Waals surface area contributed by atoms with Crippen molar-refractivity contribution >= 4 is 15.9 Å². The number of nitrogens with one attached hydrogen (secondary N) is 1. The number of urea groups is 1. The second-order valence-corrected chi connectivity index (χ2v) is 8.78. The lowest BCUT2D eigenvalue weighted by Crippen LogP contribution is -2.47. The molecule has 2 amide bonds. The van der Waals surface area contributed by atoms with Crippen LogP contribution >= 0.6 is 0 Å². The molecular formula is C18H28N2O4S. The molecule has 1 aromatic rings. The van der Waals surface area contributed by atoms with Crippen LogP contribution in [0.15, 0.2) is 24.3 Å². The highest BCUT2D eigenvalue weighted by molar-refractivity contribution is 7.91. The highest BCUT2D eigenvalue weighted by Gasteiger charge is 2.28. The second-order valence-electron chi connectivity index (χ2n) is 6.47. The zero-order valence-corrected chi connectivity index (χ0v) is 15.8. The summed E-state index contributed by atoms with van der Waals surface area (Å²) in [6, 6.07) is 7.74. The maximum absolute atomic E-state index is 12.2. The summed E-state index contributed by atoms with van der Waals surface area (Å²) < 4.78 is 28.6. The summed E-state index contributed by atoms with van der Waals surface area (Å²) in [6.07, 6.45) is 2.73. The van der Waals surface area contributed by atoms with Crippen molar-refractivity contribution in [1.29, 1.82) is 0 Å². The van der Waals surface area contributed by atoms with Gasteiger partial charge in [-0.15, -0.1) is 0 Å². The topological polar surface area (TPSA) is 75.7 Å². The number of sulfone groups is 1. The van der Waals surface area contributed by atoms with E-state index < -0.39 is 9.84 Å². The highest BCUT2D eigenvalue weighted by Crippen LogP contribution is 2.17. The Morgan fingerprint density at radius 3 is 2.72 bits per heavy atom. The van der Waals surface area contributed by atoms with Gasteiger partial charge in [0.1, 0.15) is 15.6 Å². The van der Waals surface area contributed by atoms with Crippen LogP contribution in [0, 0.1) is 0 Å². The zero-order valence-electron chi connectivity index (χ0n) is 15.0. The zero-order chi connectivity index (χ0) is 18.3. The van der Waals surface area contributed by atoms with E-state index in [9.17, 15) is 13.2 Å². The van der Waals surface area contributed by atoms with E-state index in [1.165, 1.54) is 0 Å². The standard InChI is InChI=1S/C18H28N2O4S/c1-3-11-24-17-6-4-5-15(14-17)7-10-19-18(21)20(2)16-8-12-25(22,23)13-9-16/h4-6,14,16H,3,7-13H2,1-2H3,(H,19,21). The molecule has 1 aliphatic heterocycles. The Hall–Kier alpha value is -1.76. The molecule has 0 spiro atoms. The molecule has 1 saturated heterocycles. The van der Waals surface area contributed by atoms with Crippen molar-refractivity contribution in [2.45, 2.75) is 38.6 Å². The lowest BCUT2D eigenvalue weighted by atomic mass is 10.1. The number of carbonyl (C=O) groups is 1. The number of benzene rings is 1. The number of hydrogen-bond donors (Lipinski definition) is 1. The number of ether oxygens (including phenoxy) is 1. The maximum Gasteiger partial charge on any atom is 0.317 e. The van der Waals surface area contributed by atoms with E-state index in [2.05, 4.69) is 12.2 Å². The van der Waals surface area contributed by atoms with Crippen LogP contribution < -0.4 is 10.1 Å². The Bertz CT molecular complexity index is 661. The predicted octanol–water partition coefficient (Wildman–Crippen LogP) is 2.24. The Labute approximate surface area is 150 Å². The van der Waals surface area contributed by atoms with Crippen molar-refractivity contribution in [1.82, 2.24) is 10.2 Å². The van der Waals surface area contributed by atoms with E-state index in [0.717, 1.165) is 24.2 Å². The van der Waals surface area contributed by atoms with Gasteiger partial charge >= 0.3 is 6.03 Å². The van der Waals surface area contributed by atoms with Crippen molar-refractivity contribution in [3.8, 4) is 5.75 Å². The minimum Gasteiger partial charge on any atom is -0.494 e. The van der Waals surface area contributed by atoms with E-state index in [1.54, 1.807) is 11.9 Å². The first kappa shape index (κ1) is 19.6. The first-order valence-electron chi connectivity index (χ1n) is 8.84. The van der Waals surface area contributed by atoms with Crippen LogP contribution in [-0.4, -0.2) is 57.1 Å². The van der Waals surface area contributed by atoms with Gasteiger partial charge < -0.3 is 15.0 Å². The summed E-state index contributed by atoms with van der Waals surface area (Å²) in [5, 5.41) is 2.91. The Kier molecular flexibility index (Phi) is 7.11. The summed E-state index contributed by atoms with van der Waals surface area (Å²) in [5.41, 5.74) is 1.11. The van der Waals surface area contributed by atoms with Crippen LogP contribution in [0.2, 0.25) is 0 Å². The van der Waals surface area contributed by atoms with Crippen molar-refractivity contribution < 1.29 is 17.9 Å². The van der Waals surface area contributed by atoms with Crippen LogP contribution in [0.4, 0.5) is 4.79 Å². The molecule has 7 heteroatoms. The van der Waals surface area contributed by atoms with Gasteiger partial charge in [-0.05, 0) is 43.4 Å². The van der Waals surface area contributed by atoms with Gasteiger partial charge in [0, 0.05) is 19.6 Å². The molecule has 25 heavy (non-hydrogen) atoms. The molecule has 1 fully saturated rings. The summed E-state index contributed by atoms with van der Waals surface area (Å²) in [4.78, 5) is 13.9. The van der Waals surface area contributed by atoms with Crippen molar-refractivity contribution in [3.05, 3.63) is 29.8 Å². The molecule has 0 bridgehead atoms. The number of nitrogens with zero attached hydrogens (tertiary/aromatic N) is 1. The average molecular weight is 368 g/mol. The molecule has 0 saturated carbocycles. The maximum atomic E-state index is 12.2. The van der Waals surface area contributed by atoms with E-state index in [1.807, 2.05) is 24.3 Å². The summed E-state index contributed by atoms with van der Waals surface area (Å²) in [5.74, 6) is 1.19. The molecule has 0 radical (unpaired) electrons. The quantitative estimate of drug-likeness (QED) is 0.801. The van der Waals surface area contributed by atoms with Gasteiger partial charge in [-0.25, -0.2) is 13.2 Å². The van der Waals surface area contributed by atoms with Crippen molar-refractivity contribution in [2.75, 3.05) is 31.7 Å². The second kappa shape index (κ2) is 9.08. The lowest BCUT2D eigenvalue weighted by molar-refractivity contribution is 0.186. The molecule has 0 aliphatic carbocycles. The molecule has 1 aromatic carbocycles. The molecule has 6 nitrogen and oxygen atoms in total. The van der Waals surface area contributed by atoms with Crippen LogP contribution in [0.3, 0.4) is 0 Å². The van der Waals surface area contributed by atoms with E-state index in [-0.39, 0.29) is 23.6 Å². The summed E-state index contributed by atoms with van der Waals surface area (Å²) in [7, 11) is -1.18. The van der Waals surface area contributed by atoms with Crippen LogP contribution in [0.25, 0.3) is 0 Å². The first-order valence-corrected chi connectivity index (χ1v) is 10.7. The molecule has 140 valence electrons. The number of hydrogen-bond acceptors (Lipinski definition) is 4. The van der Waals surface area contributed by atoms with Gasteiger partial charge in [0.2, 0.25) is 0 Å². The van der Waals surface area contributed by atoms with Gasteiger partial charge in [0.25, 0.3) is 0 Å². The Morgan fingerprint density at radius 2 is 2.04 bits per heavy atom. The third-order valence-electron chi connectivity index (χ3n) is 4.45.